The first-order chi connectivity index (χ1) is 15.4. The Morgan fingerprint density at radius 1 is 1.03 bits per heavy atom. The van der Waals surface area contributed by atoms with Gasteiger partial charge in [0.05, 0.1) is 18.2 Å². The highest BCUT2D eigenvalue weighted by Crippen LogP contribution is 2.36. The molecule has 1 heterocycles. The van der Waals surface area contributed by atoms with Crippen molar-refractivity contribution in [2.45, 2.75) is 26.8 Å². The van der Waals surface area contributed by atoms with E-state index in [0.717, 1.165) is 27.8 Å². The number of methoxy groups -OCH3 is 1. The molecule has 0 aliphatic rings. The van der Waals surface area contributed by atoms with Crippen LogP contribution in [-0.4, -0.2) is 28.2 Å². The molecule has 4 rings (SSSR count). The predicted octanol–water partition coefficient (Wildman–Crippen LogP) is 5.79. The van der Waals surface area contributed by atoms with E-state index in [1.807, 2.05) is 19.1 Å². The zero-order chi connectivity index (χ0) is 22.8. The minimum atomic E-state index is -0.956. The smallest absolute Gasteiger partial charge is 0.335 e. The van der Waals surface area contributed by atoms with Gasteiger partial charge in [-0.2, -0.15) is 0 Å². The first-order valence-electron chi connectivity index (χ1n) is 10.4. The fourth-order valence-electron chi connectivity index (χ4n) is 3.80. The lowest BCUT2D eigenvalue weighted by Crippen LogP contribution is -2.10. The average molecular weight is 428 g/mol. The van der Waals surface area contributed by atoms with Gasteiger partial charge >= 0.3 is 5.97 Å². The van der Waals surface area contributed by atoms with E-state index in [0.29, 0.717) is 11.6 Å². The van der Waals surface area contributed by atoms with Crippen LogP contribution in [0.3, 0.4) is 0 Å². The summed E-state index contributed by atoms with van der Waals surface area (Å²) in [7, 11) is 1.61. The van der Waals surface area contributed by atoms with Crippen LogP contribution < -0.4 is 10.1 Å². The number of nitrogens with one attached hydrogen (secondary N) is 1. The number of nitrogens with zero attached hydrogens (tertiary/aromatic N) is 2. The van der Waals surface area contributed by atoms with E-state index in [1.54, 1.807) is 31.4 Å². The van der Waals surface area contributed by atoms with Gasteiger partial charge in [0.1, 0.15) is 17.4 Å². The summed E-state index contributed by atoms with van der Waals surface area (Å²) in [5.74, 6) is 1.11. The van der Waals surface area contributed by atoms with E-state index in [4.69, 9.17) is 4.74 Å². The largest absolute Gasteiger partial charge is 0.496 e. The number of aromatic carboxylic acids is 1. The number of rotatable bonds is 6. The lowest BCUT2D eigenvalue weighted by Gasteiger charge is -2.18. The van der Waals surface area contributed by atoms with Gasteiger partial charge in [0, 0.05) is 23.1 Å². The summed E-state index contributed by atoms with van der Waals surface area (Å²) in [6, 6.07) is 19.1. The SMILES string of the molecule is COc1cc2nc(C)nc(N[C@@H](C)c3cccc(C)c3)c2cc1-c1ccc(C(=O)O)cc1. The third-order valence-corrected chi connectivity index (χ3v) is 5.47. The fourth-order valence-corrected chi connectivity index (χ4v) is 3.80. The molecule has 0 aliphatic carbocycles. The summed E-state index contributed by atoms with van der Waals surface area (Å²) in [4.78, 5) is 20.5. The molecule has 6 nitrogen and oxygen atoms in total. The van der Waals surface area contributed by atoms with Crippen molar-refractivity contribution in [1.29, 1.82) is 0 Å². The van der Waals surface area contributed by atoms with Crippen molar-refractivity contribution in [3.63, 3.8) is 0 Å². The van der Waals surface area contributed by atoms with Crippen molar-refractivity contribution >= 4 is 22.7 Å². The van der Waals surface area contributed by atoms with Crippen molar-refractivity contribution in [1.82, 2.24) is 9.97 Å². The summed E-state index contributed by atoms with van der Waals surface area (Å²) in [6.07, 6.45) is 0. The van der Waals surface area contributed by atoms with Crippen molar-refractivity contribution in [2.75, 3.05) is 12.4 Å². The van der Waals surface area contributed by atoms with Crippen LogP contribution in [0.1, 0.15) is 40.3 Å². The number of carboxylic acids is 1. The molecule has 0 saturated carbocycles. The zero-order valence-electron chi connectivity index (χ0n) is 18.5. The van der Waals surface area contributed by atoms with Crippen molar-refractivity contribution < 1.29 is 14.6 Å². The standard InChI is InChI=1S/C26H25N3O3/c1-15-6-5-7-20(12-15)16(2)27-25-22-13-21(18-8-10-19(11-9-18)26(30)31)24(32-4)14-23(22)28-17(3)29-25/h5-14,16H,1-4H3,(H,30,31)(H,27,28,29)/t16-/m0/s1. The van der Waals surface area contributed by atoms with Crippen LogP contribution in [-0.2, 0) is 0 Å². The summed E-state index contributed by atoms with van der Waals surface area (Å²) < 4.78 is 5.63. The van der Waals surface area contributed by atoms with Gasteiger partial charge in [0.15, 0.2) is 0 Å². The molecule has 32 heavy (non-hydrogen) atoms. The lowest BCUT2D eigenvalue weighted by molar-refractivity contribution is 0.0697. The number of carboxylic acid groups (broad SMARTS) is 1. The van der Waals surface area contributed by atoms with E-state index in [-0.39, 0.29) is 11.6 Å². The van der Waals surface area contributed by atoms with E-state index < -0.39 is 5.97 Å². The molecule has 0 saturated heterocycles. The molecular formula is C26H25N3O3. The maximum atomic E-state index is 11.2. The second-order valence-corrected chi connectivity index (χ2v) is 7.85. The van der Waals surface area contributed by atoms with Gasteiger partial charge in [-0.05, 0) is 50.1 Å². The van der Waals surface area contributed by atoms with Gasteiger partial charge in [-0.3, -0.25) is 0 Å². The molecule has 1 aromatic heterocycles. The van der Waals surface area contributed by atoms with Gasteiger partial charge in [-0.25, -0.2) is 14.8 Å². The van der Waals surface area contributed by atoms with E-state index in [2.05, 4.69) is 53.4 Å². The molecule has 6 heteroatoms. The molecule has 0 aliphatic heterocycles. The predicted molar refractivity (Wildman–Crippen MR) is 126 cm³/mol. The third kappa shape index (κ3) is 4.25. The van der Waals surface area contributed by atoms with Crippen molar-refractivity contribution in [2.24, 2.45) is 0 Å². The third-order valence-electron chi connectivity index (χ3n) is 5.47. The Kier molecular flexibility index (Phi) is 5.77. The van der Waals surface area contributed by atoms with Crippen molar-refractivity contribution in [3.05, 3.63) is 83.2 Å². The number of anilines is 1. The van der Waals surface area contributed by atoms with Crippen LogP contribution in [0.2, 0.25) is 0 Å². The summed E-state index contributed by atoms with van der Waals surface area (Å²) in [6.45, 7) is 6.05. The Balaban J connectivity index is 1.81. The number of hydrogen-bond donors (Lipinski definition) is 2. The van der Waals surface area contributed by atoms with Crippen LogP contribution in [0.15, 0.2) is 60.7 Å². The lowest BCUT2D eigenvalue weighted by atomic mass is 10.0. The molecular weight excluding hydrogens is 402 g/mol. The molecule has 0 spiro atoms. The van der Waals surface area contributed by atoms with Crippen LogP contribution >= 0.6 is 0 Å². The average Bonchev–Trinajstić information content (AvgIpc) is 2.78. The van der Waals surface area contributed by atoms with E-state index in [9.17, 15) is 9.90 Å². The number of carbonyl (C=O) groups is 1. The molecule has 0 unspecified atom stereocenters. The second kappa shape index (κ2) is 8.67. The Labute approximate surface area is 186 Å². The molecule has 2 N–H and O–H groups in total. The highest BCUT2D eigenvalue weighted by Gasteiger charge is 2.16. The molecule has 1 atom stereocenters. The van der Waals surface area contributed by atoms with Crippen molar-refractivity contribution in [3.8, 4) is 16.9 Å². The highest BCUT2D eigenvalue weighted by molar-refractivity contribution is 5.96. The quantitative estimate of drug-likeness (QED) is 0.405. The number of aryl methyl sites for hydroxylation is 2. The molecule has 0 amide bonds. The number of hydrogen-bond acceptors (Lipinski definition) is 5. The Bertz CT molecular complexity index is 1300. The van der Waals surface area contributed by atoms with Gasteiger partial charge in [-0.1, -0.05) is 42.0 Å². The van der Waals surface area contributed by atoms with Gasteiger partial charge < -0.3 is 15.2 Å². The molecule has 0 fully saturated rings. The Hall–Kier alpha value is -3.93. The van der Waals surface area contributed by atoms with E-state index >= 15 is 0 Å². The summed E-state index contributed by atoms with van der Waals surface area (Å²) >= 11 is 0. The molecule has 4 aromatic rings. The van der Waals surface area contributed by atoms with Crippen LogP contribution in [0.4, 0.5) is 5.82 Å². The highest BCUT2D eigenvalue weighted by atomic mass is 16.5. The number of benzene rings is 3. The Morgan fingerprint density at radius 2 is 1.78 bits per heavy atom. The second-order valence-electron chi connectivity index (χ2n) is 7.85. The molecule has 0 bridgehead atoms. The summed E-state index contributed by atoms with van der Waals surface area (Å²) in [5, 5.41) is 13.6. The minimum absolute atomic E-state index is 0.0489. The van der Waals surface area contributed by atoms with Gasteiger partial charge in [0.2, 0.25) is 0 Å². The van der Waals surface area contributed by atoms with Gasteiger partial charge in [0.25, 0.3) is 0 Å². The number of aromatic nitrogens is 2. The van der Waals surface area contributed by atoms with Gasteiger partial charge in [-0.15, -0.1) is 0 Å². The first kappa shape index (κ1) is 21.3. The molecule has 162 valence electrons. The van der Waals surface area contributed by atoms with Crippen LogP contribution in [0, 0.1) is 13.8 Å². The monoisotopic (exact) mass is 427 g/mol. The van der Waals surface area contributed by atoms with E-state index in [1.165, 1.54) is 11.1 Å². The summed E-state index contributed by atoms with van der Waals surface area (Å²) in [5.41, 5.74) is 5.09. The topological polar surface area (TPSA) is 84.3 Å². The molecule has 0 radical (unpaired) electrons. The maximum absolute atomic E-state index is 11.2. The first-order valence-corrected chi connectivity index (χ1v) is 10.4. The van der Waals surface area contributed by atoms with Crippen LogP contribution in [0.5, 0.6) is 5.75 Å². The van der Waals surface area contributed by atoms with Crippen LogP contribution in [0.25, 0.3) is 22.0 Å². The Morgan fingerprint density at radius 3 is 2.44 bits per heavy atom. The number of ether oxygens (including phenoxy) is 1. The minimum Gasteiger partial charge on any atom is -0.496 e. The fraction of sp³-hybridized carbons (Fsp3) is 0.192. The zero-order valence-corrected chi connectivity index (χ0v) is 18.5. The maximum Gasteiger partial charge on any atom is 0.335 e. The normalized spacial score (nSPS) is 11.9. The molecule has 3 aromatic carbocycles. The number of fused-ring (bicyclic) bond motifs is 1.